The van der Waals surface area contributed by atoms with Crippen molar-refractivity contribution in [3.8, 4) is 0 Å². The van der Waals surface area contributed by atoms with Crippen LogP contribution >= 0.6 is 63.7 Å². The summed E-state index contributed by atoms with van der Waals surface area (Å²) >= 11 is 12.7. The summed E-state index contributed by atoms with van der Waals surface area (Å²) in [5.41, 5.74) is 5.91. The Morgan fingerprint density at radius 2 is 0.474 bits per heavy atom. The first-order valence-electron chi connectivity index (χ1n) is 22.5. The Hall–Kier alpha value is -7.03. The SMILES string of the molecule is O=C([O-])c1ccc(Br)cc1.O=C([O-])c1ccc(Br)cc1.O=C([O-])c1ccc(Br)cc1.O=C([O-])c1ccc(Br)cc1.[Co+2].[Co+2].c1cn(Cc2ccc(Cn3ccnc3)cc2)cn1.c1cn(Cc2ccc(Cn3ccnc3)cc2)cn1. The van der Waals surface area contributed by atoms with Crippen LogP contribution in [0.5, 0.6) is 0 Å². The maximum Gasteiger partial charge on any atom is 2.00 e. The zero-order chi connectivity index (χ0) is 54.7. The molecule has 0 fully saturated rings. The summed E-state index contributed by atoms with van der Waals surface area (Å²) in [6.45, 7) is 3.47. The first-order valence-corrected chi connectivity index (χ1v) is 25.6. The van der Waals surface area contributed by atoms with Gasteiger partial charge in [0.05, 0.1) is 49.2 Å². The largest absolute Gasteiger partial charge is 2.00 e. The third-order valence-electron chi connectivity index (χ3n) is 10.1. The second kappa shape index (κ2) is 35.4. The molecule has 0 saturated carbocycles. The number of carbonyl (C=O) groups excluding carboxylic acids is 4. The van der Waals surface area contributed by atoms with Crippen molar-refractivity contribution in [2.24, 2.45) is 0 Å². The van der Waals surface area contributed by atoms with Crippen LogP contribution in [0.15, 0.2) is 238 Å². The smallest absolute Gasteiger partial charge is 0.545 e. The standard InChI is InChI=1S/2C14H14N4.4C7H5BrO2.2Co/c2*1-2-14(10-18-8-6-16-12-18)4-3-13(1)9-17-7-5-15-11-17;4*8-6-3-1-5(2-4-6)7(9)10;;/h2*1-8,11-12H,9-10H2;4*1-4H,(H,9,10);;/q;;;;;;2*+2/p-4. The van der Waals surface area contributed by atoms with Crippen LogP contribution in [0.2, 0.25) is 0 Å². The fourth-order valence-corrected chi connectivity index (χ4v) is 7.27. The van der Waals surface area contributed by atoms with E-state index in [0.29, 0.717) is 0 Å². The van der Waals surface area contributed by atoms with Crippen LogP contribution in [-0.2, 0) is 59.7 Å². The molecule has 0 unspecified atom stereocenters. The van der Waals surface area contributed by atoms with Crippen molar-refractivity contribution in [1.29, 1.82) is 0 Å². The quantitative estimate of drug-likeness (QED) is 0.115. The molecule has 0 amide bonds. The van der Waals surface area contributed by atoms with Gasteiger partial charge in [0.25, 0.3) is 0 Å². The molecule has 22 heteroatoms. The van der Waals surface area contributed by atoms with Gasteiger partial charge in [-0.1, -0.05) is 161 Å². The summed E-state index contributed by atoms with van der Waals surface area (Å²) in [4.78, 5) is 56.9. The Morgan fingerprint density at radius 1 is 0.308 bits per heavy atom. The molecule has 0 aliphatic carbocycles. The first-order chi connectivity index (χ1) is 36.6. The first kappa shape index (κ1) is 65.3. The van der Waals surface area contributed by atoms with Crippen molar-refractivity contribution in [3.63, 3.8) is 0 Å². The van der Waals surface area contributed by atoms with Crippen molar-refractivity contribution >= 4 is 87.6 Å². The van der Waals surface area contributed by atoms with Gasteiger partial charge in [0, 0.05) is 93.6 Å². The number of carbonyl (C=O) groups is 4. The zero-order valence-electron chi connectivity index (χ0n) is 40.6. The molecular formula is C56H44Br4Co2N8O8. The number of rotatable bonds is 12. The van der Waals surface area contributed by atoms with E-state index >= 15 is 0 Å². The molecule has 0 saturated heterocycles. The van der Waals surface area contributed by atoms with Gasteiger partial charge in [-0.3, -0.25) is 0 Å². The Balaban J connectivity index is 0.000000251. The summed E-state index contributed by atoms with van der Waals surface area (Å²) in [5, 5.41) is 40.7. The topological polar surface area (TPSA) is 232 Å². The monoisotopic (exact) mass is 1390 g/mol. The molecule has 0 aliphatic rings. The van der Waals surface area contributed by atoms with Crippen LogP contribution in [-0.4, -0.2) is 62.1 Å². The Morgan fingerprint density at radius 3 is 0.603 bits per heavy atom. The normalized spacial score (nSPS) is 9.69. The fourth-order valence-electron chi connectivity index (χ4n) is 6.21. The van der Waals surface area contributed by atoms with E-state index in [-0.39, 0.29) is 55.8 Å². The van der Waals surface area contributed by atoms with E-state index in [1.165, 1.54) is 70.8 Å². The van der Waals surface area contributed by atoms with Crippen LogP contribution in [0.25, 0.3) is 0 Å². The average Bonchev–Trinajstić information content (AvgIpc) is 4.29. The Bertz CT molecular complexity index is 2820. The van der Waals surface area contributed by atoms with Gasteiger partial charge in [-0.05, 0) is 93.0 Å². The van der Waals surface area contributed by atoms with Crippen molar-refractivity contribution < 1.29 is 73.2 Å². The van der Waals surface area contributed by atoms with Crippen molar-refractivity contribution in [2.45, 2.75) is 26.2 Å². The number of benzene rings is 6. The number of carboxylic acid groups (broad SMARTS) is 4. The van der Waals surface area contributed by atoms with Crippen LogP contribution < -0.4 is 20.4 Å². The van der Waals surface area contributed by atoms with Gasteiger partial charge in [0.2, 0.25) is 0 Å². The zero-order valence-corrected chi connectivity index (χ0v) is 49.1. The Kier molecular flexibility index (Phi) is 29.6. The van der Waals surface area contributed by atoms with E-state index in [9.17, 15) is 39.6 Å². The maximum absolute atomic E-state index is 10.2. The van der Waals surface area contributed by atoms with Crippen LogP contribution in [0, 0.1) is 0 Å². The molecule has 0 atom stereocenters. The Labute approximate surface area is 503 Å². The van der Waals surface area contributed by atoms with Crippen molar-refractivity contribution in [1.82, 2.24) is 38.2 Å². The van der Waals surface area contributed by atoms with Crippen LogP contribution in [0.4, 0.5) is 0 Å². The molecule has 4 aromatic heterocycles. The molecule has 6 aromatic carbocycles. The van der Waals surface area contributed by atoms with Crippen LogP contribution in [0.1, 0.15) is 63.7 Å². The van der Waals surface area contributed by atoms with Gasteiger partial charge in [-0.15, -0.1) is 0 Å². The molecule has 4 heterocycles. The van der Waals surface area contributed by atoms with Gasteiger partial charge in [0.1, 0.15) is 0 Å². The summed E-state index contributed by atoms with van der Waals surface area (Å²) in [7, 11) is 0. The number of carboxylic acids is 4. The molecule has 0 aliphatic heterocycles. The minimum atomic E-state index is -1.15. The van der Waals surface area contributed by atoms with Gasteiger partial charge in [-0.25, -0.2) is 19.9 Å². The number of imidazole rings is 4. The number of nitrogens with zero attached hydrogens (tertiary/aromatic N) is 8. The molecular weight excluding hydrogens is 1350 g/mol. The third kappa shape index (κ3) is 25.0. The number of aromatic carboxylic acids is 4. The van der Waals surface area contributed by atoms with Crippen molar-refractivity contribution in [2.75, 3.05) is 0 Å². The third-order valence-corrected chi connectivity index (χ3v) is 12.2. The number of aromatic nitrogens is 8. The van der Waals surface area contributed by atoms with E-state index in [1.807, 2.05) is 50.1 Å². The minimum Gasteiger partial charge on any atom is -0.545 e. The maximum atomic E-state index is 10.2. The number of hydrogen-bond donors (Lipinski definition) is 0. The predicted octanol–water partition coefficient (Wildman–Crippen LogP) is 7.60. The van der Waals surface area contributed by atoms with E-state index in [4.69, 9.17) is 0 Å². The second-order valence-electron chi connectivity index (χ2n) is 15.8. The van der Waals surface area contributed by atoms with Gasteiger partial charge in [0.15, 0.2) is 0 Å². The molecule has 402 valence electrons. The summed E-state index contributed by atoms with van der Waals surface area (Å²) in [5.74, 6) is -4.58. The van der Waals surface area contributed by atoms with Crippen molar-refractivity contribution in [3.05, 3.63) is 283 Å². The molecule has 10 aromatic rings. The number of halogens is 4. The molecule has 0 N–H and O–H groups in total. The molecule has 2 radical (unpaired) electrons. The van der Waals surface area contributed by atoms with Gasteiger partial charge in [-0.2, -0.15) is 0 Å². The predicted molar refractivity (Wildman–Crippen MR) is 292 cm³/mol. The number of hydrogen-bond acceptors (Lipinski definition) is 12. The van der Waals surface area contributed by atoms with E-state index < -0.39 is 23.9 Å². The second-order valence-corrected chi connectivity index (χ2v) is 19.4. The molecule has 16 nitrogen and oxygen atoms in total. The molecule has 0 spiro atoms. The van der Waals surface area contributed by atoms with E-state index in [1.54, 1.807) is 73.3 Å². The van der Waals surface area contributed by atoms with E-state index in [0.717, 1.165) is 44.1 Å². The average molecular weight is 1390 g/mol. The summed E-state index contributed by atoms with van der Waals surface area (Å²) < 4.78 is 11.7. The summed E-state index contributed by atoms with van der Waals surface area (Å²) in [6.07, 6.45) is 22.4. The van der Waals surface area contributed by atoms with E-state index in [2.05, 4.69) is 150 Å². The molecule has 0 bridgehead atoms. The minimum absolute atomic E-state index is 0. The van der Waals surface area contributed by atoms with Crippen LogP contribution in [0.3, 0.4) is 0 Å². The molecule has 10 rings (SSSR count). The van der Waals surface area contributed by atoms with Gasteiger partial charge >= 0.3 is 33.6 Å². The molecule has 78 heavy (non-hydrogen) atoms. The summed E-state index contributed by atoms with van der Waals surface area (Å²) in [6, 6.07) is 42.4. The fraction of sp³-hybridized carbons (Fsp3) is 0.0714. The van der Waals surface area contributed by atoms with Gasteiger partial charge < -0.3 is 57.9 Å².